The molecule has 4 nitrogen and oxygen atoms in total. The molecule has 0 radical (unpaired) electrons. The number of aliphatic hydroxyl groups is 1. The number of Topliss-reactive ketones (excluding diaryl/α,β-unsaturated/α-hetero) is 1. The first-order valence-corrected chi connectivity index (χ1v) is 7.95. The van der Waals surface area contributed by atoms with Gasteiger partial charge in [-0.15, -0.1) is 0 Å². The fraction of sp³-hybridized carbons (Fsp3) is 0.316. The van der Waals surface area contributed by atoms with Gasteiger partial charge in [0.05, 0.1) is 12.0 Å². The second-order valence-corrected chi connectivity index (χ2v) is 6.21. The number of benzene rings is 2. The van der Waals surface area contributed by atoms with Crippen molar-refractivity contribution in [3.05, 3.63) is 54.5 Å². The zero-order valence-electron chi connectivity index (χ0n) is 12.6. The van der Waals surface area contributed by atoms with Gasteiger partial charge in [-0.05, 0) is 35.7 Å². The highest BCUT2D eigenvalue weighted by Crippen LogP contribution is 2.34. The Balaban J connectivity index is 1.56. The Bertz CT molecular complexity index is 780. The van der Waals surface area contributed by atoms with Gasteiger partial charge >= 0.3 is 0 Å². The van der Waals surface area contributed by atoms with Gasteiger partial charge in [-0.25, -0.2) is 0 Å². The lowest BCUT2D eigenvalue weighted by atomic mass is 9.80. The maximum atomic E-state index is 12.6. The minimum absolute atomic E-state index is 0.0266. The van der Waals surface area contributed by atoms with Crippen molar-refractivity contribution in [2.45, 2.75) is 31.5 Å². The highest BCUT2D eigenvalue weighted by molar-refractivity contribution is 5.96. The van der Waals surface area contributed by atoms with Crippen LogP contribution in [0.15, 0.2) is 54.5 Å². The summed E-state index contributed by atoms with van der Waals surface area (Å²) in [5.74, 6) is 0.638. The van der Waals surface area contributed by atoms with E-state index in [4.69, 9.17) is 9.47 Å². The highest BCUT2D eigenvalue weighted by Gasteiger charge is 2.40. The number of allylic oxidation sites excluding steroid dienone is 1. The summed E-state index contributed by atoms with van der Waals surface area (Å²) in [5, 5.41) is 11.9. The summed E-state index contributed by atoms with van der Waals surface area (Å²) in [6, 6.07) is 13.7. The zero-order chi connectivity index (χ0) is 15.8. The van der Waals surface area contributed by atoms with Gasteiger partial charge in [0.15, 0.2) is 0 Å². The average molecular weight is 310 g/mol. The molecule has 0 bridgehead atoms. The highest BCUT2D eigenvalue weighted by atomic mass is 16.5. The van der Waals surface area contributed by atoms with E-state index >= 15 is 0 Å². The SMILES string of the molecule is O=C1C(Oc2ccc3ccccc3c2)=COC2CC(O)CCC12. The van der Waals surface area contributed by atoms with E-state index in [-0.39, 0.29) is 29.7 Å². The zero-order valence-corrected chi connectivity index (χ0v) is 12.6. The molecular formula is C19H18O4. The van der Waals surface area contributed by atoms with Crippen LogP contribution in [-0.4, -0.2) is 23.1 Å². The molecule has 3 atom stereocenters. The number of carbonyl (C=O) groups excluding carboxylic acids is 1. The molecule has 1 N–H and O–H groups in total. The molecule has 4 rings (SSSR count). The predicted octanol–water partition coefficient (Wildman–Crippen LogP) is 3.19. The van der Waals surface area contributed by atoms with Crippen molar-refractivity contribution in [3.8, 4) is 5.75 Å². The van der Waals surface area contributed by atoms with Gasteiger partial charge in [-0.3, -0.25) is 4.79 Å². The Kier molecular flexibility index (Phi) is 3.54. The second kappa shape index (κ2) is 5.70. The van der Waals surface area contributed by atoms with Gasteiger partial charge in [0, 0.05) is 6.42 Å². The molecule has 1 fully saturated rings. The summed E-state index contributed by atoms with van der Waals surface area (Å²) in [5.41, 5.74) is 0. The summed E-state index contributed by atoms with van der Waals surface area (Å²) in [6.07, 6.45) is 2.59. The quantitative estimate of drug-likeness (QED) is 0.925. The molecule has 1 saturated carbocycles. The van der Waals surface area contributed by atoms with Crippen LogP contribution in [0.3, 0.4) is 0 Å². The van der Waals surface area contributed by atoms with Crippen LogP contribution in [0.4, 0.5) is 0 Å². The van der Waals surface area contributed by atoms with Crippen LogP contribution in [0, 0.1) is 5.92 Å². The molecule has 1 aliphatic heterocycles. The molecule has 2 aromatic carbocycles. The topological polar surface area (TPSA) is 55.8 Å². The van der Waals surface area contributed by atoms with Crippen molar-refractivity contribution in [2.24, 2.45) is 5.92 Å². The maximum absolute atomic E-state index is 12.6. The summed E-state index contributed by atoms with van der Waals surface area (Å²) >= 11 is 0. The maximum Gasteiger partial charge on any atom is 0.207 e. The van der Waals surface area contributed by atoms with E-state index in [1.165, 1.54) is 6.26 Å². The minimum atomic E-state index is -0.375. The number of hydrogen-bond acceptors (Lipinski definition) is 4. The van der Waals surface area contributed by atoms with E-state index in [1.807, 2.05) is 42.5 Å². The van der Waals surface area contributed by atoms with E-state index in [0.29, 0.717) is 25.0 Å². The number of ether oxygens (including phenoxy) is 2. The lowest BCUT2D eigenvalue weighted by Crippen LogP contribution is -2.41. The Morgan fingerprint density at radius 1 is 1.09 bits per heavy atom. The van der Waals surface area contributed by atoms with Crippen molar-refractivity contribution in [1.29, 1.82) is 0 Å². The molecule has 2 aromatic rings. The molecule has 4 heteroatoms. The number of rotatable bonds is 2. The van der Waals surface area contributed by atoms with Crippen LogP contribution in [0.5, 0.6) is 5.75 Å². The number of hydrogen-bond donors (Lipinski definition) is 1. The van der Waals surface area contributed by atoms with Crippen molar-refractivity contribution >= 4 is 16.6 Å². The first kappa shape index (κ1) is 14.3. The van der Waals surface area contributed by atoms with Crippen LogP contribution in [0.25, 0.3) is 10.8 Å². The minimum Gasteiger partial charge on any atom is -0.493 e. The Labute approximate surface area is 134 Å². The molecule has 118 valence electrons. The van der Waals surface area contributed by atoms with E-state index in [1.54, 1.807) is 0 Å². The summed E-state index contributed by atoms with van der Waals surface area (Å²) < 4.78 is 11.4. The van der Waals surface area contributed by atoms with Crippen LogP contribution in [0.2, 0.25) is 0 Å². The largest absolute Gasteiger partial charge is 0.493 e. The lowest BCUT2D eigenvalue weighted by Gasteiger charge is -2.35. The lowest BCUT2D eigenvalue weighted by molar-refractivity contribution is -0.132. The first-order valence-electron chi connectivity index (χ1n) is 7.95. The van der Waals surface area contributed by atoms with E-state index in [0.717, 1.165) is 10.8 Å². The molecule has 0 spiro atoms. The van der Waals surface area contributed by atoms with Gasteiger partial charge < -0.3 is 14.6 Å². The molecular weight excluding hydrogens is 292 g/mol. The summed E-state index contributed by atoms with van der Waals surface area (Å²) in [6.45, 7) is 0. The van der Waals surface area contributed by atoms with Crippen LogP contribution < -0.4 is 4.74 Å². The third-order valence-corrected chi connectivity index (χ3v) is 4.64. The summed E-state index contributed by atoms with van der Waals surface area (Å²) in [4.78, 5) is 12.6. The van der Waals surface area contributed by atoms with Crippen molar-refractivity contribution < 1.29 is 19.4 Å². The fourth-order valence-corrected chi connectivity index (χ4v) is 3.38. The van der Waals surface area contributed by atoms with Gasteiger partial charge in [0.1, 0.15) is 18.1 Å². The number of aliphatic hydroxyl groups excluding tert-OH is 1. The molecule has 3 unspecified atom stereocenters. The number of ketones is 1. The smallest absolute Gasteiger partial charge is 0.207 e. The van der Waals surface area contributed by atoms with Gasteiger partial charge in [0.25, 0.3) is 0 Å². The monoisotopic (exact) mass is 310 g/mol. The molecule has 0 amide bonds. The standard InChI is InChI=1S/C19H18O4/c20-14-6-8-16-17(10-14)22-11-18(19(16)21)23-15-7-5-12-3-1-2-4-13(12)9-15/h1-5,7,9,11,14,16-17,20H,6,8,10H2. The Morgan fingerprint density at radius 3 is 2.78 bits per heavy atom. The Hall–Kier alpha value is -2.33. The third-order valence-electron chi connectivity index (χ3n) is 4.64. The van der Waals surface area contributed by atoms with Gasteiger partial charge in [-0.1, -0.05) is 30.3 Å². The van der Waals surface area contributed by atoms with Crippen LogP contribution in [-0.2, 0) is 9.53 Å². The van der Waals surface area contributed by atoms with Crippen molar-refractivity contribution in [3.63, 3.8) is 0 Å². The Morgan fingerprint density at radius 2 is 1.91 bits per heavy atom. The van der Waals surface area contributed by atoms with E-state index in [9.17, 15) is 9.90 Å². The molecule has 0 saturated heterocycles. The first-order chi connectivity index (χ1) is 11.2. The molecule has 1 aliphatic carbocycles. The predicted molar refractivity (Wildman–Crippen MR) is 85.9 cm³/mol. The normalized spacial score (nSPS) is 27.1. The van der Waals surface area contributed by atoms with Gasteiger partial charge in [0.2, 0.25) is 11.5 Å². The molecule has 1 heterocycles. The van der Waals surface area contributed by atoms with Crippen LogP contribution >= 0.6 is 0 Å². The molecule has 2 aliphatic rings. The van der Waals surface area contributed by atoms with E-state index < -0.39 is 0 Å². The van der Waals surface area contributed by atoms with Crippen molar-refractivity contribution in [2.75, 3.05) is 0 Å². The molecule has 0 aromatic heterocycles. The van der Waals surface area contributed by atoms with Crippen molar-refractivity contribution in [1.82, 2.24) is 0 Å². The summed E-state index contributed by atoms with van der Waals surface area (Å²) in [7, 11) is 0. The van der Waals surface area contributed by atoms with Crippen LogP contribution in [0.1, 0.15) is 19.3 Å². The van der Waals surface area contributed by atoms with E-state index in [2.05, 4.69) is 0 Å². The second-order valence-electron chi connectivity index (χ2n) is 6.21. The third kappa shape index (κ3) is 2.70. The number of fused-ring (bicyclic) bond motifs is 2. The number of carbonyl (C=O) groups is 1. The molecule has 23 heavy (non-hydrogen) atoms. The fourth-order valence-electron chi connectivity index (χ4n) is 3.38. The average Bonchev–Trinajstić information content (AvgIpc) is 2.57. The van der Waals surface area contributed by atoms with Gasteiger partial charge in [-0.2, -0.15) is 0 Å².